The van der Waals surface area contributed by atoms with Crippen molar-refractivity contribution in [2.75, 3.05) is 57.7 Å². The summed E-state index contributed by atoms with van der Waals surface area (Å²) in [6.45, 7) is 6.12. The van der Waals surface area contributed by atoms with Crippen LogP contribution in [0.3, 0.4) is 0 Å². The minimum absolute atomic E-state index is 0.157. The zero-order valence-corrected chi connectivity index (χ0v) is 21.6. The van der Waals surface area contributed by atoms with Gasteiger partial charge in [0.05, 0.1) is 12.3 Å². The maximum Gasteiger partial charge on any atom is 0.354 e. The van der Waals surface area contributed by atoms with Gasteiger partial charge in [-0.05, 0) is 55.0 Å². The number of aliphatic hydroxyl groups excluding tert-OH is 1. The van der Waals surface area contributed by atoms with Crippen LogP contribution in [0.15, 0.2) is 41.3 Å². The van der Waals surface area contributed by atoms with Crippen molar-refractivity contribution in [1.29, 1.82) is 0 Å². The highest BCUT2D eigenvalue weighted by Crippen LogP contribution is 2.51. The molecule has 0 radical (unpaired) electrons. The Morgan fingerprint density at radius 3 is 2.29 bits per heavy atom. The fourth-order valence-corrected chi connectivity index (χ4v) is 5.63. The van der Waals surface area contributed by atoms with Crippen LogP contribution in [0.2, 0.25) is 0 Å². The van der Waals surface area contributed by atoms with Gasteiger partial charge in [-0.2, -0.15) is 4.98 Å². The molecule has 0 spiro atoms. The molecule has 38 heavy (non-hydrogen) atoms. The highest BCUT2D eigenvalue weighted by atomic mass is 16.3. The van der Waals surface area contributed by atoms with Crippen molar-refractivity contribution in [3.05, 3.63) is 52.6 Å². The van der Waals surface area contributed by atoms with Crippen LogP contribution in [0.4, 0.5) is 10.6 Å². The van der Waals surface area contributed by atoms with Crippen molar-refractivity contribution < 1.29 is 14.7 Å². The average molecular weight is 525 g/mol. The molecule has 1 aliphatic carbocycles. The second-order valence-electron chi connectivity index (χ2n) is 10.8. The molecule has 2 aromatic rings. The van der Waals surface area contributed by atoms with E-state index in [1.165, 1.54) is 22.0 Å². The smallest absolute Gasteiger partial charge is 0.354 e. The number of urea groups is 1. The summed E-state index contributed by atoms with van der Waals surface area (Å²) in [7, 11) is 0. The summed E-state index contributed by atoms with van der Waals surface area (Å²) >= 11 is 0. The molecule has 5 rings (SSSR count). The fraction of sp³-hybridized carbons (Fsp3) is 0.538. The highest BCUT2D eigenvalue weighted by molar-refractivity contribution is 5.89. The lowest BCUT2D eigenvalue weighted by Crippen LogP contribution is -2.60. The first-order valence-corrected chi connectivity index (χ1v) is 13.1. The Balaban J connectivity index is 1.13. The van der Waals surface area contributed by atoms with Crippen LogP contribution >= 0.6 is 0 Å². The van der Waals surface area contributed by atoms with Gasteiger partial charge in [-0.3, -0.25) is 19.6 Å². The van der Waals surface area contributed by atoms with E-state index in [9.17, 15) is 19.5 Å². The van der Waals surface area contributed by atoms with Crippen molar-refractivity contribution in [3.63, 3.8) is 0 Å². The van der Waals surface area contributed by atoms with Crippen molar-refractivity contribution in [2.24, 2.45) is 29.2 Å². The average Bonchev–Trinajstić information content (AvgIpc) is 3.40. The van der Waals surface area contributed by atoms with E-state index in [1.54, 1.807) is 17.2 Å². The molecule has 12 heteroatoms. The Hall–Kier alpha value is -3.32. The number of hydrogen-bond donors (Lipinski definition) is 4. The van der Waals surface area contributed by atoms with E-state index >= 15 is 0 Å². The van der Waals surface area contributed by atoms with Crippen molar-refractivity contribution in [2.45, 2.75) is 19.0 Å². The molecule has 1 saturated carbocycles. The van der Waals surface area contributed by atoms with Gasteiger partial charge in [0.1, 0.15) is 11.4 Å². The summed E-state index contributed by atoms with van der Waals surface area (Å²) in [5, 5.41) is 12.0. The molecule has 2 aliphatic heterocycles. The Kier molecular flexibility index (Phi) is 7.23. The predicted molar refractivity (Wildman–Crippen MR) is 141 cm³/mol. The molecule has 3 heterocycles. The number of benzene rings is 1. The van der Waals surface area contributed by atoms with Gasteiger partial charge < -0.3 is 26.4 Å². The minimum atomic E-state index is -1.35. The summed E-state index contributed by atoms with van der Waals surface area (Å²) in [5.74, 6) is 2.03. The number of nitrogens with two attached hydrogens (primary N) is 2. The quantitative estimate of drug-likeness (QED) is 0.368. The third-order valence-corrected chi connectivity index (χ3v) is 8.05. The van der Waals surface area contributed by atoms with Gasteiger partial charge in [0.2, 0.25) is 5.91 Å². The Bertz CT molecular complexity index is 1230. The third-order valence-electron chi connectivity index (χ3n) is 8.05. The lowest BCUT2D eigenvalue weighted by molar-refractivity contribution is -0.139. The van der Waals surface area contributed by atoms with Gasteiger partial charge in [-0.1, -0.05) is 12.1 Å². The Morgan fingerprint density at radius 1 is 1.08 bits per heavy atom. The predicted octanol–water partition coefficient (Wildman–Crippen LogP) is -0.745. The molecule has 3 aliphatic rings. The Morgan fingerprint density at radius 2 is 1.71 bits per heavy atom. The number of aromatic nitrogens is 2. The number of hydrogen-bond acceptors (Lipinski definition) is 8. The minimum Gasteiger partial charge on any atom is -0.394 e. The summed E-state index contributed by atoms with van der Waals surface area (Å²) in [6, 6.07) is 9.04. The van der Waals surface area contributed by atoms with Crippen molar-refractivity contribution in [1.82, 2.24) is 24.3 Å². The van der Waals surface area contributed by atoms with E-state index in [0.29, 0.717) is 37.8 Å². The molecular weight excluding hydrogens is 488 g/mol. The molecule has 3 atom stereocenters. The lowest BCUT2D eigenvalue weighted by atomic mass is 10.0. The number of likely N-dealkylation sites (tertiary alicyclic amines) is 1. The number of carbonyl (C=O) groups excluding carboxylic acids is 2. The second-order valence-corrected chi connectivity index (χ2v) is 10.8. The first-order chi connectivity index (χ1) is 18.2. The van der Waals surface area contributed by atoms with Crippen LogP contribution in [-0.2, 0) is 11.3 Å². The van der Waals surface area contributed by atoms with Crippen LogP contribution < -0.4 is 22.5 Å². The number of aliphatic hydroxyl groups is 1. The maximum atomic E-state index is 12.7. The molecule has 6 N–H and O–H groups in total. The van der Waals surface area contributed by atoms with Gasteiger partial charge in [0.25, 0.3) is 0 Å². The highest BCUT2D eigenvalue weighted by Gasteiger charge is 2.54. The van der Waals surface area contributed by atoms with E-state index in [2.05, 4.69) is 15.2 Å². The largest absolute Gasteiger partial charge is 0.394 e. The molecule has 3 amide bonds. The van der Waals surface area contributed by atoms with Crippen LogP contribution in [0.1, 0.15) is 12.5 Å². The number of piperidine rings is 1. The molecule has 12 nitrogen and oxygen atoms in total. The van der Waals surface area contributed by atoms with Crippen LogP contribution in [0, 0.1) is 17.8 Å². The Labute approximate surface area is 221 Å². The molecular formula is C26H36N8O4. The number of rotatable bonds is 7. The number of amides is 3. The SMILES string of the molecule is C[C@](N)(CO)C(=O)N1CCN(C(=O)Nc2ccn(-c3ccc(CN4CC5C(CN)C5C4)cc3)c(=O)n2)CC1. The molecule has 3 fully saturated rings. The first-order valence-electron chi connectivity index (χ1n) is 13.1. The first kappa shape index (κ1) is 26.3. The molecule has 1 aromatic heterocycles. The summed E-state index contributed by atoms with van der Waals surface area (Å²) in [5.41, 5.74) is 11.7. The topological polar surface area (TPSA) is 163 Å². The van der Waals surface area contributed by atoms with E-state index in [1.807, 2.05) is 24.3 Å². The normalized spacial score (nSPS) is 24.6. The van der Waals surface area contributed by atoms with E-state index in [0.717, 1.165) is 38.0 Å². The summed E-state index contributed by atoms with van der Waals surface area (Å²) in [4.78, 5) is 47.4. The van der Waals surface area contributed by atoms with E-state index in [4.69, 9.17) is 11.5 Å². The second kappa shape index (κ2) is 10.4. The van der Waals surface area contributed by atoms with Gasteiger partial charge in [-0.15, -0.1) is 0 Å². The zero-order valence-electron chi connectivity index (χ0n) is 21.6. The summed E-state index contributed by atoms with van der Waals surface area (Å²) < 4.78 is 1.44. The third kappa shape index (κ3) is 5.30. The maximum absolute atomic E-state index is 12.7. The number of anilines is 1. The number of fused-ring (bicyclic) bond motifs is 1. The standard InChI is InChI=1S/C26H36N8O4/c1-26(28,16-35)23(36)32-8-10-33(11-9-32)24(37)29-22-6-7-34(25(38)30-22)18-4-2-17(3-5-18)13-31-14-20-19(12-27)21(20)15-31/h2-7,19-21,35H,8-16,27-28H2,1H3,(H,29,30,37,38)/t19?,20?,21?,26-/m0/s1. The van der Waals surface area contributed by atoms with E-state index < -0.39 is 23.9 Å². The number of piperazine rings is 1. The van der Waals surface area contributed by atoms with Crippen LogP contribution in [0.5, 0.6) is 0 Å². The van der Waals surface area contributed by atoms with Crippen LogP contribution in [0.25, 0.3) is 5.69 Å². The van der Waals surface area contributed by atoms with Gasteiger partial charge in [0.15, 0.2) is 0 Å². The monoisotopic (exact) mass is 524 g/mol. The molecule has 204 valence electrons. The van der Waals surface area contributed by atoms with E-state index in [-0.39, 0.29) is 11.7 Å². The van der Waals surface area contributed by atoms with Gasteiger partial charge in [0, 0.05) is 52.0 Å². The van der Waals surface area contributed by atoms with Gasteiger partial charge in [-0.25, -0.2) is 9.59 Å². The van der Waals surface area contributed by atoms with Gasteiger partial charge >= 0.3 is 11.7 Å². The number of nitrogens with one attached hydrogen (secondary N) is 1. The number of carbonyl (C=O) groups is 2. The summed E-state index contributed by atoms with van der Waals surface area (Å²) in [6.07, 6.45) is 1.59. The van der Waals surface area contributed by atoms with Crippen LogP contribution in [-0.4, -0.2) is 99.3 Å². The fourth-order valence-electron chi connectivity index (χ4n) is 5.63. The van der Waals surface area contributed by atoms with Crippen molar-refractivity contribution in [3.8, 4) is 5.69 Å². The lowest BCUT2D eigenvalue weighted by Gasteiger charge is -2.37. The molecule has 0 bridgehead atoms. The molecule has 2 unspecified atom stereocenters. The molecule has 2 saturated heterocycles. The zero-order chi connectivity index (χ0) is 27.0. The number of nitrogens with zero attached hydrogens (tertiary/aromatic N) is 5. The van der Waals surface area contributed by atoms with Crippen molar-refractivity contribution >= 4 is 17.8 Å². The molecule has 1 aromatic carbocycles.